The first-order chi connectivity index (χ1) is 12.8. The van der Waals surface area contributed by atoms with Crippen molar-refractivity contribution in [2.45, 2.75) is 39.3 Å². The first kappa shape index (κ1) is 19.8. The summed E-state index contributed by atoms with van der Waals surface area (Å²) in [6.07, 6.45) is 0. The van der Waals surface area contributed by atoms with E-state index >= 15 is 0 Å². The highest BCUT2D eigenvalue weighted by Gasteiger charge is 2.27. The van der Waals surface area contributed by atoms with Crippen LogP contribution in [0.4, 0.5) is 0 Å². The third kappa shape index (κ3) is 3.44. The van der Waals surface area contributed by atoms with Gasteiger partial charge in [-0.25, -0.2) is 19.2 Å². The van der Waals surface area contributed by atoms with Gasteiger partial charge in [0.1, 0.15) is 16.1 Å². The molecule has 142 valence electrons. The Balaban J connectivity index is 2.69. The second kappa shape index (κ2) is 6.30. The normalized spacial score (nSPS) is 11.9. The molecule has 0 fully saturated rings. The molecule has 2 heterocycles. The van der Waals surface area contributed by atoms with Crippen LogP contribution >= 0.6 is 0 Å². The van der Waals surface area contributed by atoms with Crippen molar-refractivity contribution in [1.29, 1.82) is 0 Å². The molecule has 28 heavy (non-hydrogen) atoms. The van der Waals surface area contributed by atoms with Crippen molar-refractivity contribution in [3.63, 3.8) is 0 Å². The molecule has 0 atom stereocenters. The lowest BCUT2D eigenvalue weighted by Crippen LogP contribution is -2.17. The molecule has 8 heteroatoms. The Morgan fingerprint density at radius 2 is 0.786 bits per heavy atom. The second-order valence-electron chi connectivity index (χ2n) is 8.60. The number of furan rings is 2. The van der Waals surface area contributed by atoms with Gasteiger partial charge in [-0.05, 0) is 0 Å². The van der Waals surface area contributed by atoms with Gasteiger partial charge in [0.25, 0.3) is 0 Å². The van der Waals surface area contributed by atoms with Gasteiger partial charge in [-0.1, -0.05) is 51.1 Å². The number of fused-ring (bicyclic) bond motifs is 2. The summed E-state index contributed by atoms with van der Waals surface area (Å²) in [4.78, 5) is 49.5. The fourth-order valence-corrected chi connectivity index (χ4v) is 3.69. The fourth-order valence-electron chi connectivity index (χ4n) is 2.69. The minimum absolute atomic E-state index is 0.0117. The molecule has 0 N–H and O–H groups in total. The second-order valence-corrected chi connectivity index (χ2v) is 18.1. The maximum absolute atomic E-state index is 12.4. The van der Waals surface area contributed by atoms with Gasteiger partial charge in [-0.3, -0.25) is 0 Å². The Morgan fingerprint density at radius 3 is 1.00 bits per heavy atom. The molecule has 3 rings (SSSR count). The quantitative estimate of drug-likeness (QED) is 0.415. The van der Waals surface area contributed by atoms with Gasteiger partial charge in [0.2, 0.25) is 0 Å². The SMILES string of the molecule is C[Si](C)(C)C#Cc1c2c(=O)oc(=O)c2c(C#C[Si](C)(C)C)c2c(=O)oc(=O)c12. The Bertz CT molecular complexity index is 1270. The van der Waals surface area contributed by atoms with E-state index in [-0.39, 0.29) is 32.7 Å². The number of rotatable bonds is 0. The van der Waals surface area contributed by atoms with Crippen LogP contribution in [0.25, 0.3) is 21.5 Å². The van der Waals surface area contributed by atoms with Gasteiger partial charge >= 0.3 is 22.5 Å². The molecular weight excluding hydrogens is 392 g/mol. The maximum Gasteiger partial charge on any atom is 0.348 e. The zero-order valence-corrected chi connectivity index (χ0v) is 18.4. The van der Waals surface area contributed by atoms with E-state index in [9.17, 15) is 19.2 Å². The molecule has 0 amide bonds. The highest BCUT2D eigenvalue weighted by molar-refractivity contribution is 6.84. The summed E-state index contributed by atoms with van der Waals surface area (Å²) in [5, 5.41) is -0.441. The summed E-state index contributed by atoms with van der Waals surface area (Å²) in [7, 11) is -3.79. The van der Waals surface area contributed by atoms with Gasteiger partial charge in [0.05, 0.1) is 32.7 Å². The molecule has 0 saturated carbocycles. The van der Waals surface area contributed by atoms with Gasteiger partial charge in [0, 0.05) is 0 Å². The topological polar surface area (TPSA) is 94.6 Å². The van der Waals surface area contributed by atoms with Gasteiger partial charge in [-0.2, -0.15) is 0 Å². The van der Waals surface area contributed by atoms with E-state index in [1.165, 1.54) is 0 Å². The molecule has 6 nitrogen and oxygen atoms in total. The first-order valence-corrected chi connectivity index (χ1v) is 15.6. The summed E-state index contributed by atoms with van der Waals surface area (Å²) in [5.41, 5.74) is 2.57. The van der Waals surface area contributed by atoms with E-state index < -0.39 is 38.7 Å². The highest BCUT2D eigenvalue weighted by atomic mass is 28.3. The molecule has 1 aromatic carbocycles. The molecule has 0 unspecified atom stereocenters. The van der Waals surface area contributed by atoms with E-state index in [4.69, 9.17) is 8.83 Å². The molecule has 0 saturated heterocycles. The zero-order chi connectivity index (χ0) is 21.0. The molecular formula is C20H18O6Si2. The van der Waals surface area contributed by atoms with E-state index in [1.807, 2.05) is 39.3 Å². The molecule has 0 bridgehead atoms. The minimum atomic E-state index is -1.89. The predicted octanol–water partition coefficient (Wildman–Crippen LogP) is 1.95. The monoisotopic (exact) mass is 410 g/mol. The fraction of sp³-hybridized carbons (Fsp3) is 0.300. The Morgan fingerprint density at radius 1 is 0.536 bits per heavy atom. The minimum Gasteiger partial charge on any atom is -0.386 e. The van der Waals surface area contributed by atoms with Crippen LogP contribution in [0.1, 0.15) is 11.1 Å². The largest absolute Gasteiger partial charge is 0.386 e. The molecule has 0 aliphatic carbocycles. The maximum atomic E-state index is 12.4. The Hall–Kier alpha value is -2.95. The first-order valence-electron chi connectivity index (χ1n) is 8.63. The average molecular weight is 411 g/mol. The lowest BCUT2D eigenvalue weighted by atomic mass is 9.97. The van der Waals surface area contributed by atoms with Crippen molar-refractivity contribution < 1.29 is 8.83 Å². The predicted molar refractivity (Wildman–Crippen MR) is 114 cm³/mol. The lowest BCUT2D eigenvalue weighted by Gasteiger charge is -2.05. The van der Waals surface area contributed by atoms with Gasteiger partial charge in [0.15, 0.2) is 0 Å². The lowest BCUT2D eigenvalue weighted by molar-refractivity contribution is 0.498. The van der Waals surface area contributed by atoms with E-state index in [0.717, 1.165) is 0 Å². The van der Waals surface area contributed by atoms with Crippen LogP contribution in [0, 0.1) is 22.9 Å². The summed E-state index contributed by atoms with van der Waals surface area (Å²) >= 11 is 0. The summed E-state index contributed by atoms with van der Waals surface area (Å²) in [5.74, 6) is 5.71. The molecule has 0 aliphatic rings. The van der Waals surface area contributed by atoms with E-state index in [0.29, 0.717) is 0 Å². The van der Waals surface area contributed by atoms with Crippen LogP contribution in [-0.2, 0) is 0 Å². The number of hydrogen-bond acceptors (Lipinski definition) is 6. The zero-order valence-electron chi connectivity index (χ0n) is 16.4. The van der Waals surface area contributed by atoms with Crippen LogP contribution in [0.2, 0.25) is 39.3 Å². The standard InChI is InChI=1S/C20H18O6Si2/c1-27(2,3)9-7-11-13-15(19(23)25-17(13)21)12(8-10-28(4,5)6)16-14(11)18(22)26-20(16)24/h1-6H3. The van der Waals surface area contributed by atoms with Crippen LogP contribution in [0.5, 0.6) is 0 Å². The molecule has 0 radical (unpaired) electrons. The smallest absolute Gasteiger partial charge is 0.348 e. The Labute approximate surface area is 161 Å². The van der Waals surface area contributed by atoms with Crippen LogP contribution in [0.3, 0.4) is 0 Å². The van der Waals surface area contributed by atoms with Crippen molar-refractivity contribution in [2.75, 3.05) is 0 Å². The number of hydrogen-bond donors (Lipinski definition) is 0. The van der Waals surface area contributed by atoms with E-state index in [2.05, 4.69) is 22.9 Å². The van der Waals surface area contributed by atoms with Crippen LogP contribution < -0.4 is 22.5 Å². The van der Waals surface area contributed by atoms with Gasteiger partial charge < -0.3 is 8.83 Å². The van der Waals surface area contributed by atoms with E-state index in [1.54, 1.807) is 0 Å². The summed E-state index contributed by atoms with van der Waals surface area (Å²) < 4.78 is 9.54. The van der Waals surface area contributed by atoms with Crippen LogP contribution in [-0.4, -0.2) is 16.1 Å². The highest BCUT2D eigenvalue weighted by Crippen LogP contribution is 2.26. The third-order valence-electron chi connectivity index (χ3n) is 3.81. The third-order valence-corrected chi connectivity index (χ3v) is 5.56. The van der Waals surface area contributed by atoms with Crippen molar-refractivity contribution in [3.8, 4) is 22.9 Å². The molecule has 2 aromatic heterocycles. The molecule has 0 aliphatic heterocycles. The number of benzene rings is 1. The average Bonchev–Trinajstić information content (AvgIpc) is 2.99. The Kier molecular flexibility index (Phi) is 4.45. The summed E-state index contributed by atoms with van der Waals surface area (Å²) in [6.45, 7) is 11.9. The van der Waals surface area contributed by atoms with Gasteiger partial charge in [-0.15, -0.1) is 11.1 Å². The van der Waals surface area contributed by atoms with Crippen molar-refractivity contribution >= 4 is 37.7 Å². The van der Waals surface area contributed by atoms with Crippen LogP contribution in [0.15, 0.2) is 28.0 Å². The molecule has 0 spiro atoms. The van der Waals surface area contributed by atoms with Crippen molar-refractivity contribution in [1.82, 2.24) is 0 Å². The molecule has 3 aromatic rings. The summed E-state index contributed by atoms with van der Waals surface area (Å²) in [6, 6.07) is 0. The van der Waals surface area contributed by atoms with Crippen molar-refractivity contribution in [3.05, 3.63) is 52.8 Å². The van der Waals surface area contributed by atoms with Crippen molar-refractivity contribution in [2.24, 2.45) is 0 Å².